The molecule has 0 aromatic heterocycles. The molecule has 0 bridgehead atoms. The summed E-state index contributed by atoms with van der Waals surface area (Å²) < 4.78 is 13.4. The largest absolute Gasteiger partial charge is 0.289 e. The van der Waals surface area contributed by atoms with Gasteiger partial charge in [0.15, 0.2) is 0 Å². The highest BCUT2D eigenvalue weighted by Crippen LogP contribution is 2.55. The van der Waals surface area contributed by atoms with Crippen molar-refractivity contribution in [1.82, 2.24) is 4.67 Å². The quantitative estimate of drug-likeness (QED) is 0.725. The Hall–Kier alpha value is -0.300. The molecule has 1 unspecified atom stereocenters. The molecule has 0 aliphatic rings. The predicted molar refractivity (Wildman–Crippen MR) is 57.3 cm³/mol. The molecule has 0 saturated heterocycles. The van der Waals surface area contributed by atoms with Crippen LogP contribution in [0, 0.1) is 0 Å². The van der Waals surface area contributed by atoms with E-state index in [1.807, 2.05) is 30.3 Å². The molecule has 0 aliphatic carbocycles. The van der Waals surface area contributed by atoms with Gasteiger partial charge in [-0.05, 0) is 30.9 Å². The lowest BCUT2D eigenvalue weighted by Gasteiger charge is -2.17. The maximum Gasteiger partial charge on any atom is 0.238 e. The highest BCUT2D eigenvalue weighted by atomic mass is 35.7. The number of hydrogen-bond acceptors (Lipinski definition) is 1. The maximum atomic E-state index is 11.8. The molecular formula is C9H13ClNOP. The first-order chi connectivity index (χ1) is 6.02. The number of halogens is 1. The maximum absolute atomic E-state index is 11.8. The van der Waals surface area contributed by atoms with Gasteiger partial charge in [-0.15, -0.1) is 0 Å². The lowest BCUT2D eigenvalue weighted by Crippen LogP contribution is -2.05. The monoisotopic (exact) mass is 217 g/mol. The van der Waals surface area contributed by atoms with Crippen LogP contribution in [-0.4, -0.2) is 18.8 Å². The Kier molecular flexibility index (Phi) is 3.55. The van der Waals surface area contributed by atoms with Crippen LogP contribution >= 0.6 is 17.9 Å². The lowest BCUT2D eigenvalue weighted by atomic mass is 10.2. The van der Waals surface area contributed by atoms with E-state index in [1.165, 1.54) is 0 Å². The summed E-state index contributed by atoms with van der Waals surface area (Å²) in [6.45, 7) is -2.68. The van der Waals surface area contributed by atoms with Crippen LogP contribution < -0.4 is 0 Å². The zero-order valence-electron chi connectivity index (χ0n) is 7.77. The van der Waals surface area contributed by atoms with E-state index in [-0.39, 0.29) is 0 Å². The van der Waals surface area contributed by atoms with E-state index in [2.05, 4.69) is 0 Å². The lowest BCUT2D eigenvalue weighted by molar-refractivity contribution is 0.528. The van der Waals surface area contributed by atoms with Gasteiger partial charge < -0.3 is 0 Å². The number of nitrogens with zero attached hydrogens (tertiary/aromatic N) is 1. The summed E-state index contributed by atoms with van der Waals surface area (Å²) in [6.07, 6.45) is 0.419. The van der Waals surface area contributed by atoms with Gasteiger partial charge in [0.05, 0.1) is 6.16 Å². The van der Waals surface area contributed by atoms with Gasteiger partial charge in [0.2, 0.25) is 6.65 Å². The Bertz CT molecular complexity index is 313. The average molecular weight is 218 g/mol. The molecule has 0 fully saturated rings. The highest BCUT2D eigenvalue weighted by molar-refractivity contribution is 7.86. The van der Waals surface area contributed by atoms with Crippen molar-refractivity contribution < 1.29 is 4.57 Å². The molecule has 2 nitrogen and oxygen atoms in total. The molecule has 4 heteroatoms. The second kappa shape index (κ2) is 4.28. The molecule has 1 aromatic carbocycles. The number of hydrogen-bond donors (Lipinski definition) is 0. The van der Waals surface area contributed by atoms with E-state index >= 15 is 0 Å². The normalized spacial score (nSPS) is 15.7. The van der Waals surface area contributed by atoms with Crippen LogP contribution in [0.5, 0.6) is 0 Å². The molecular weight excluding hydrogens is 205 g/mol. The molecule has 13 heavy (non-hydrogen) atoms. The first kappa shape index (κ1) is 10.8. The second-order valence-corrected chi connectivity index (χ2v) is 7.04. The molecule has 72 valence electrons. The highest BCUT2D eigenvalue weighted by Gasteiger charge is 2.21. The summed E-state index contributed by atoms with van der Waals surface area (Å²) in [7, 11) is 3.47. The van der Waals surface area contributed by atoms with Crippen molar-refractivity contribution >= 4 is 17.9 Å². The van der Waals surface area contributed by atoms with Crippen LogP contribution in [0.1, 0.15) is 5.56 Å². The average Bonchev–Trinajstić information content (AvgIpc) is 2.05. The minimum absolute atomic E-state index is 0.419. The van der Waals surface area contributed by atoms with E-state index in [0.29, 0.717) is 6.16 Å². The van der Waals surface area contributed by atoms with Crippen molar-refractivity contribution in [2.45, 2.75) is 6.16 Å². The topological polar surface area (TPSA) is 20.3 Å². The van der Waals surface area contributed by atoms with Crippen LogP contribution in [-0.2, 0) is 10.7 Å². The summed E-state index contributed by atoms with van der Waals surface area (Å²) in [5.74, 6) is 0. The van der Waals surface area contributed by atoms with Gasteiger partial charge >= 0.3 is 0 Å². The smallest absolute Gasteiger partial charge is 0.238 e. The first-order valence-electron chi connectivity index (χ1n) is 4.03. The van der Waals surface area contributed by atoms with Gasteiger partial charge in [-0.2, -0.15) is 0 Å². The van der Waals surface area contributed by atoms with E-state index in [4.69, 9.17) is 11.2 Å². The fraction of sp³-hybridized carbons (Fsp3) is 0.333. The first-order valence-corrected chi connectivity index (χ1v) is 6.78. The summed E-state index contributed by atoms with van der Waals surface area (Å²) in [5, 5.41) is 0. The van der Waals surface area contributed by atoms with E-state index in [9.17, 15) is 4.57 Å². The molecule has 0 radical (unpaired) electrons. The van der Waals surface area contributed by atoms with E-state index in [1.54, 1.807) is 18.8 Å². The van der Waals surface area contributed by atoms with Gasteiger partial charge in [-0.1, -0.05) is 30.3 Å². The predicted octanol–water partition coefficient (Wildman–Crippen LogP) is 3.18. The SMILES string of the molecule is CN(C)P(=O)(Cl)Cc1ccccc1. The standard InChI is InChI=1S/C9H13ClNOP/c1-11(2)13(10,12)8-9-6-4-3-5-7-9/h3-7H,8H2,1-2H3. The summed E-state index contributed by atoms with van der Waals surface area (Å²) in [5.41, 5.74) is 1.01. The molecule has 0 heterocycles. The Labute approximate surface area is 83.7 Å². The molecule has 0 saturated carbocycles. The van der Waals surface area contributed by atoms with Gasteiger partial charge in [-0.3, -0.25) is 4.57 Å². The number of benzene rings is 1. The third-order valence-electron chi connectivity index (χ3n) is 1.82. The van der Waals surface area contributed by atoms with Gasteiger partial charge in [0.1, 0.15) is 0 Å². The van der Waals surface area contributed by atoms with E-state index < -0.39 is 6.65 Å². The minimum atomic E-state index is -2.68. The van der Waals surface area contributed by atoms with Crippen molar-refractivity contribution in [3.8, 4) is 0 Å². The Morgan fingerprint density at radius 2 is 1.85 bits per heavy atom. The van der Waals surface area contributed by atoms with Crippen molar-refractivity contribution in [1.29, 1.82) is 0 Å². The third kappa shape index (κ3) is 3.15. The third-order valence-corrected chi connectivity index (χ3v) is 5.03. The Morgan fingerprint density at radius 1 is 1.31 bits per heavy atom. The zero-order chi connectivity index (χ0) is 9.90. The molecule has 1 atom stereocenters. The summed E-state index contributed by atoms with van der Waals surface area (Å²) >= 11 is 5.89. The van der Waals surface area contributed by atoms with E-state index in [0.717, 1.165) is 5.56 Å². The van der Waals surface area contributed by atoms with Crippen LogP contribution in [0.3, 0.4) is 0 Å². The summed E-state index contributed by atoms with van der Waals surface area (Å²) in [4.78, 5) is 0. The van der Waals surface area contributed by atoms with Crippen molar-refractivity contribution in [3.05, 3.63) is 35.9 Å². The molecule has 0 aliphatic heterocycles. The molecule has 1 rings (SSSR count). The molecule has 0 spiro atoms. The zero-order valence-corrected chi connectivity index (χ0v) is 9.42. The van der Waals surface area contributed by atoms with Crippen LogP contribution in [0.4, 0.5) is 0 Å². The Morgan fingerprint density at radius 3 is 2.31 bits per heavy atom. The minimum Gasteiger partial charge on any atom is -0.289 e. The Balaban J connectivity index is 2.76. The van der Waals surface area contributed by atoms with Crippen LogP contribution in [0.2, 0.25) is 0 Å². The van der Waals surface area contributed by atoms with Crippen molar-refractivity contribution in [3.63, 3.8) is 0 Å². The summed E-state index contributed by atoms with van der Waals surface area (Å²) in [6, 6.07) is 9.62. The van der Waals surface area contributed by atoms with Gasteiger partial charge in [0, 0.05) is 0 Å². The van der Waals surface area contributed by atoms with Gasteiger partial charge in [-0.25, -0.2) is 4.67 Å². The van der Waals surface area contributed by atoms with Gasteiger partial charge in [0.25, 0.3) is 0 Å². The van der Waals surface area contributed by atoms with Crippen LogP contribution in [0.25, 0.3) is 0 Å². The molecule has 0 N–H and O–H groups in total. The fourth-order valence-corrected chi connectivity index (χ4v) is 2.31. The fourth-order valence-electron chi connectivity index (χ4n) is 0.950. The molecule has 1 aromatic rings. The molecule has 0 amide bonds. The van der Waals surface area contributed by atoms with Crippen LogP contribution in [0.15, 0.2) is 30.3 Å². The number of rotatable bonds is 3. The van der Waals surface area contributed by atoms with Crippen molar-refractivity contribution in [2.75, 3.05) is 14.1 Å². The second-order valence-electron chi connectivity index (χ2n) is 3.11. The van der Waals surface area contributed by atoms with Crippen molar-refractivity contribution in [2.24, 2.45) is 0 Å².